The van der Waals surface area contributed by atoms with E-state index in [1.807, 2.05) is 0 Å². The van der Waals surface area contributed by atoms with Gasteiger partial charge in [0.15, 0.2) is 0 Å². The van der Waals surface area contributed by atoms with Gasteiger partial charge in [-0.05, 0) is 0 Å². The Labute approximate surface area is 194 Å². The largest absolute Gasteiger partial charge is 2.00 e. The molecule has 0 saturated carbocycles. The summed E-state index contributed by atoms with van der Waals surface area (Å²) in [5.41, 5.74) is 0. The van der Waals surface area contributed by atoms with E-state index in [1.165, 1.54) is 0 Å². The fraction of sp³-hybridized carbons (Fsp3) is 0. The molecule has 3 heterocycles. The Morgan fingerprint density at radius 1 is 0.476 bits per heavy atom. The smallest absolute Gasteiger partial charge is 1.00 e. The van der Waals surface area contributed by atoms with Crippen molar-refractivity contribution in [2.24, 2.45) is 0 Å². The van der Waals surface area contributed by atoms with Gasteiger partial charge in [-0.3, -0.25) is 0 Å². The molecule has 0 aliphatic carbocycles. The Morgan fingerprint density at radius 2 is 0.714 bits per heavy atom. The van der Waals surface area contributed by atoms with Gasteiger partial charge in [0.1, 0.15) is 0 Å². The average molecular weight is 587 g/mol. The molecule has 3 rings (SSSR count). The van der Waals surface area contributed by atoms with E-state index in [0.29, 0.717) is 0 Å². The van der Waals surface area contributed by atoms with Crippen LogP contribution in [0.25, 0.3) is 0 Å². The third kappa shape index (κ3) is 29.4. The number of nitrogens with one attached hydrogen (secondary N) is 3. The molecule has 0 bridgehead atoms. The molecule has 0 aliphatic rings. The van der Waals surface area contributed by atoms with Gasteiger partial charge in [0.2, 0.25) is 0 Å². The number of hydrogen-bond acceptors (Lipinski definition) is 9. The Morgan fingerprint density at radius 3 is 0.762 bits per heavy atom. The SMILES string of the molecule is [Cl-].[Cl-].[Cl-].[Zr+2].[Zr+2].[Zr+2].[c-]1nn[nH]n1.[c-]1nn[nH]n1.[c-]1nn[nH]n1. The van der Waals surface area contributed by atoms with Crippen LogP contribution in [0.2, 0.25) is 0 Å². The van der Waals surface area contributed by atoms with Gasteiger partial charge in [-0.1, -0.05) is 15.6 Å². The molecule has 0 saturated heterocycles. The summed E-state index contributed by atoms with van der Waals surface area (Å²) in [6.07, 6.45) is 6.58. The van der Waals surface area contributed by atoms with Gasteiger partial charge in [0.05, 0.1) is 0 Å². The fourth-order valence-electron chi connectivity index (χ4n) is 0.335. The summed E-state index contributed by atoms with van der Waals surface area (Å²) in [7, 11) is 0. The van der Waals surface area contributed by atoms with Crippen LogP contribution in [0.1, 0.15) is 0 Å². The molecule has 0 fully saturated rings. The average Bonchev–Trinajstić information content (AvgIpc) is 3.09. The van der Waals surface area contributed by atoms with E-state index in [4.69, 9.17) is 0 Å². The van der Waals surface area contributed by atoms with Crippen LogP contribution in [0.4, 0.5) is 0 Å². The van der Waals surface area contributed by atoms with E-state index in [0.717, 1.165) is 0 Å². The van der Waals surface area contributed by atoms with Crippen molar-refractivity contribution in [1.82, 2.24) is 61.9 Å². The quantitative estimate of drug-likeness (QED) is 0.217. The van der Waals surface area contributed by atoms with Gasteiger partial charge in [-0.15, -0.1) is 0 Å². The molecule has 0 amide bonds. The molecule has 0 spiro atoms. The minimum atomic E-state index is 0. The first-order valence-electron chi connectivity index (χ1n) is 3.28. The predicted molar refractivity (Wildman–Crippen MR) is 39.0 cm³/mol. The summed E-state index contributed by atoms with van der Waals surface area (Å²) in [5, 5.41) is 35.4. The molecule has 0 radical (unpaired) electrons. The zero-order chi connectivity index (χ0) is 10.6. The molecule has 0 atom stereocenters. The number of halogens is 3. The van der Waals surface area contributed by atoms with Gasteiger partial charge in [0, 0.05) is 0 Å². The van der Waals surface area contributed by atoms with Crippen molar-refractivity contribution in [3.8, 4) is 0 Å². The second kappa shape index (κ2) is 32.6. The molecule has 3 N–H and O–H groups in total. The van der Waals surface area contributed by atoms with Crippen LogP contribution in [0.5, 0.6) is 0 Å². The summed E-state index contributed by atoms with van der Waals surface area (Å²) >= 11 is 0. The molecule has 0 unspecified atom stereocenters. The normalized spacial score (nSPS) is 5.71. The first kappa shape index (κ1) is 37.7. The second-order valence-electron chi connectivity index (χ2n) is 1.54. The first-order valence-corrected chi connectivity index (χ1v) is 3.28. The van der Waals surface area contributed by atoms with Crippen molar-refractivity contribution in [2.45, 2.75) is 0 Å². The van der Waals surface area contributed by atoms with Crippen molar-refractivity contribution in [1.29, 1.82) is 0 Å². The minimum absolute atomic E-state index is 0. The van der Waals surface area contributed by atoms with E-state index >= 15 is 0 Å². The van der Waals surface area contributed by atoms with Crippen LogP contribution in [-0.4, -0.2) is 61.9 Å². The third-order valence-electron chi connectivity index (χ3n) is 0.718. The molecule has 21 heavy (non-hydrogen) atoms. The predicted octanol–water partition coefficient (Wildman–Crippen LogP) is -12.0. The number of aromatic amines is 3. The van der Waals surface area contributed by atoms with E-state index in [-0.39, 0.29) is 116 Å². The molecule has 3 aromatic heterocycles. The maximum atomic E-state index is 3.25. The topological polar surface area (TPSA) is 163 Å². The Kier molecular flexibility index (Phi) is 58.6. The number of rotatable bonds is 0. The Hall–Kier alpha value is 0.729. The van der Waals surface area contributed by atoms with Crippen LogP contribution in [0.3, 0.4) is 0 Å². The summed E-state index contributed by atoms with van der Waals surface area (Å²) < 4.78 is 0. The van der Waals surface area contributed by atoms with Gasteiger partial charge in [-0.2, -0.15) is 0 Å². The van der Waals surface area contributed by atoms with Crippen LogP contribution < -0.4 is 37.2 Å². The number of hydrogen-bond donors (Lipinski definition) is 3. The summed E-state index contributed by atoms with van der Waals surface area (Å²) in [4.78, 5) is 0. The summed E-state index contributed by atoms with van der Waals surface area (Å²) in [5.74, 6) is 0. The van der Waals surface area contributed by atoms with Gasteiger partial charge in [-0.25, -0.2) is 34.6 Å². The monoisotopic (exact) mass is 582 g/mol. The Balaban J connectivity index is -0.0000000352. The molecule has 18 heteroatoms. The van der Waals surface area contributed by atoms with E-state index in [1.54, 1.807) is 0 Å². The van der Waals surface area contributed by atoms with Crippen molar-refractivity contribution in [3.05, 3.63) is 19.0 Å². The van der Waals surface area contributed by atoms with Crippen LogP contribution in [-0.2, 0) is 78.6 Å². The zero-order valence-electron chi connectivity index (χ0n) is 9.66. The van der Waals surface area contributed by atoms with E-state index in [9.17, 15) is 0 Å². The molecular weight excluding hydrogens is 584 g/mol. The van der Waals surface area contributed by atoms with Crippen molar-refractivity contribution in [3.63, 3.8) is 0 Å². The van der Waals surface area contributed by atoms with Gasteiger partial charge < -0.3 is 67.8 Å². The van der Waals surface area contributed by atoms with Gasteiger partial charge in [0.25, 0.3) is 0 Å². The second-order valence-corrected chi connectivity index (χ2v) is 1.54. The molecule has 12 nitrogen and oxygen atoms in total. The van der Waals surface area contributed by atoms with E-state index in [2.05, 4.69) is 80.9 Å². The van der Waals surface area contributed by atoms with Crippen LogP contribution in [0, 0.1) is 19.0 Å². The number of nitrogens with zero attached hydrogens (tertiary/aromatic N) is 9. The molecule has 108 valence electrons. The van der Waals surface area contributed by atoms with Crippen LogP contribution in [0.15, 0.2) is 0 Å². The molecular formula is C3H3Cl3N12Zr3. The molecule has 3 aromatic rings. The van der Waals surface area contributed by atoms with E-state index < -0.39 is 0 Å². The Bertz CT molecular complexity index is 267. The van der Waals surface area contributed by atoms with Crippen LogP contribution >= 0.6 is 0 Å². The number of H-pyrrole nitrogens is 3. The first-order chi connectivity index (χ1) is 7.50. The van der Waals surface area contributed by atoms with Crippen molar-refractivity contribution >= 4 is 0 Å². The summed E-state index contributed by atoms with van der Waals surface area (Å²) in [6, 6.07) is 0. The third-order valence-corrected chi connectivity index (χ3v) is 0.718. The van der Waals surface area contributed by atoms with Gasteiger partial charge >= 0.3 is 78.6 Å². The summed E-state index contributed by atoms with van der Waals surface area (Å²) in [6.45, 7) is 0. The molecule has 0 aliphatic heterocycles. The number of aromatic nitrogens is 12. The standard InChI is InChI=1S/3CHN4.3ClH.3Zr/c3*1-2-4-5-3-1;;;;;;/h3*(H,2,3,4,5);3*1H;;;/q3*-1;;;;3*+2/p-3. The van der Waals surface area contributed by atoms with Crippen molar-refractivity contribution < 1.29 is 116 Å². The maximum Gasteiger partial charge on any atom is 2.00 e. The molecule has 0 aromatic carbocycles. The maximum absolute atomic E-state index is 3.25. The fourth-order valence-corrected chi connectivity index (χ4v) is 0.335. The number of tetrazole rings is 3. The zero-order valence-corrected chi connectivity index (χ0v) is 19.3. The minimum Gasteiger partial charge on any atom is -1.00 e. The van der Waals surface area contributed by atoms with Crippen molar-refractivity contribution in [2.75, 3.05) is 0 Å².